The number of amides is 1. The molecule has 0 aliphatic rings. The van der Waals surface area contributed by atoms with Crippen LogP contribution < -0.4 is 10.9 Å². The van der Waals surface area contributed by atoms with Crippen LogP contribution in [-0.2, 0) is 12.3 Å². The lowest BCUT2D eigenvalue weighted by Gasteiger charge is -2.15. The highest BCUT2D eigenvalue weighted by Crippen LogP contribution is 2.24. The molecule has 0 unspecified atom stereocenters. The highest BCUT2D eigenvalue weighted by molar-refractivity contribution is 7.98. The summed E-state index contributed by atoms with van der Waals surface area (Å²) >= 11 is 1.32. The van der Waals surface area contributed by atoms with Crippen molar-refractivity contribution in [3.05, 3.63) is 69.8 Å². The third-order valence-corrected chi connectivity index (χ3v) is 5.61. The smallest absolute Gasteiger partial charge is 0.262 e. The molecule has 3 rings (SSSR count). The first-order chi connectivity index (χ1) is 14.4. The molecule has 0 radical (unpaired) electrons. The lowest BCUT2D eigenvalue weighted by Crippen LogP contribution is -2.26. The number of aromatic nitrogens is 2. The summed E-state index contributed by atoms with van der Waals surface area (Å²) in [5, 5.41) is 3.83. The zero-order chi connectivity index (χ0) is 21.7. The van der Waals surface area contributed by atoms with Crippen molar-refractivity contribution in [3.63, 3.8) is 0 Å². The monoisotopic (exact) mass is 427 g/mol. The molecule has 7 heteroatoms. The number of benzene rings is 2. The molecule has 5 nitrogen and oxygen atoms in total. The molecule has 0 atom stereocenters. The molecule has 0 aliphatic heterocycles. The average molecular weight is 428 g/mol. The zero-order valence-electron chi connectivity index (χ0n) is 17.4. The van der Waals surface area contributed by atoms with E-state index in [-0.39, 0.29) is 23.2 Å². The summed E-state index contributed by atoms with van der Waals surface area (Å²) in [6.07, 6.45) is 0.842. The Labute approximate surface area is 179 Å². The summed E-state index contributed by atoms with van der Waals surface area (Å²) in [7, 11) is 0. The maximum absolute atomic E-state index is 14.0. The Hall–Kier alpha value is -2.67. The van der Waals surface area contributed by atoms with Gasteiger partial charge >= 0.3 is 0 Å². The Bertz CT molecular complexity index is 1110. The van der Waals surface area contributed by atoms with E-state index in [1.807, 2.05) is 20.8 Å². The van der Waals surface area contributed by atoms with Crippen molar-refractivity contribution in [1.82, 2.24) is 14.9 Å². The largest absolute Gasteiger partial charge is 0.352 e. The van der Waals surface area contributed by atoms with Crippen LogP contribution in [-0.4, -0.2) is 22.0 Å². The number of rotatable bonds is 8. The van der Waals surface area contributed by atoms with Gasteiger partial charge in [-0.1, -0.05) is 50.7 Å². The number of nitrogens with zero attached hydrogens (tertiary/aromatic N) is 2. The van der Waals surface area contributed by atoms with Gasteiger partial charge in [0.05, 0.1) is 10.9 Å². The number of hydrogen-bond donors (Lipinski definition) is 1. The van der Waals surface area contributed by atoms with Gasteiger partial charge in [-0.15, -0.1) is 0 Å². The highest BCUT2D eigenvalue weighted by Gasteiger charge is 2.15. The van der Waals surface area contributed by atoms with E-state index in [2.05, 4.69) is 10.3 Å². The van der Waals surface area contributed by atoms with Crippen molar-refractivity contribution < 1.29 is 9.18 Å². The van der Waals surface area contributed by atoms with Crippen molar-refractivity contribution in [3.8, 4) is 0 Å². The van der Waals surface area contributed by atoms with E-state index in [1.54, 1.807) is 41.0 Å². The van der Waals surface area contributed by atoms with E-state index in [0.717, 1.165) is 6.42 Å². The third kappa shape index (κ3) is 5.08. The van der Waals surface area contributed by atoms with Crippen LogP contribution in [0.3, 0.4) is 0 Å². The Morgan fingerprint density at radius 3 is 2.70 bits per heavy atom. The molecule has 1 aromatic heterocycles. The Balaban J connectivity index is 2.02. The normalized spacial score (nSPS) is 11.2. The van der Waals surface area contributed by atoms with Crippen molar-refractivity contribution in [2.24, 2.45) is 5.92 Å². The van der Waals surface area contributed by atoms with Gasteiger partial charge in [-0.25, -0.2) is 9.37 Å². The fraction of sp³-hybridized carbons (Fsp3) is 0.348. The molecule has 0 saturated carbocycles. The molecule has 0 fully saturated rings. The summed E-state index contributed by atoms with van der Waals surface area (Å²) < 4.78 is 15.7. The molecule has 0 aliphatic carbocycles. The second-order valence-corrected chi connectivity index (χ2v) is 8.51. The van der Waals surface area contributed by atoms with Gasteiger partial charge in [0.15, 0.2) is 5.16 Å². The molecule has 1 heterocycles. The summed E-state index contributed by atoms with van der Waals surface area (Å²) in [6, 6.07) is 11.5. The van der Waals surface area contributed by atoms with Crippen LogP contribution >= 0.6 is 11.8 Å². The Kier molecular flexibility index (Phi) is 7.26. The van der Waals surface area contributed by atoms with Crippen molar-refractivity contribution in [2.75, 3.05) is 6.54 Å². The first-order valence-electron chi connectivity index (χ1n) is 10.1. The Morgan fingerprint density at radius 1 is 1.23 bits per heavy atom. The minimum absolute atomic E-state index is 0.148. The number of thioether (sulfide) groups is 1. The molecular formula is C23H26FN3O2S. The van der Waals surface area contributed by atoms with Crippen molar-refractivity contribution >= 4 is 28.6 Å². The van der Waals surface area contributed by atoms with Crippen LogP contribution in [0, 0.1) is 11.7 Å². The van der Waals surface area contributed by atoms with E-state index in [0.29, 0.717) is 46.0 Å². The highest BCUT2D eigenvalue weighted by atomic mass is 32.2. The van der Waals surface area contributed by atoms with E-state index < -0.39 is 0 Å². The van der Waals surface area contributed by atoms with E-state index in [1.165, 1.54) is 17.8 Å². The number of carbonyl (C=O) groups excluding carboxylic acids is 1. The molecule has 0 spiro atoms. The fourth-order valence-electron chi connectivity index (χ4n) is 3.08. The third-order valence-electron chi connectivity index (χ3n) is 4.58. The molecule has 2 aromatic carbocycles. The maximum atomic E-state index is 14.0. The summed E-state index contributed by atoms with van der Waals surface area (Å²) in [5.41, 5.74) is 1.35. The molecule has 30 heavy (non-hydrogen) atoms. The lowest BCUT2D eigenvalue weighted by atomic mass is 10.1. The van der Waals surface area contributed by atoms with Gasteiger partial charge in [-0.3, -0.25) is 14.2 Å². The second-order valence-electron chi connectivity index (χ2n) is 7.57. The summed E-state index contributed by atoms with van der Waals surface area (Å²) in [5.74, 6) is 0.138. The predicted octanol–water partition coefficient (Wildman–Crippen LogP) is 4.62. The minimum atomic E-state index is -0.279. The lowest BCUT2D eigenvalue weighted by molar-refractivity contribution is 0.0954. The second kappa shape index (κ2) is 9.89. The van der Waals surface area contributed by atoms with Gasteiger partial charge in [0.1, 0.15) is 5.82 Å². The van der Waals surface area contributed by atoms with Crippen LogP contribution in [0.25, 0.3) is 10.9 Å². The van der Waals surface area contributed by atoms with Crippen LogP contribution in [0.1, 0.15) is 43.1 Å². The topological polar surface area (TPSA) is 64.0 Å². The molecule has 158 valence electrons. The van der Waals surface area contributed by atoms with Crippen molar-refractivity contribution in [2.45, 2.75) is 44.6 Å². The maximum Gasteiger partial charge on any atom is 0.262 e. The van der Waals surface area contributed by atoms with E-state index in [9.17, 15) is 14.0 Å². The number of carbonyl (C=O) groups is 1. The first kappa shape index (κ1) is 22.0. The number of halogens is 1. The molecule has 3 aromatic rings. The average Bonchev–Trinajstić information content (AvgIpc) is 2.73. The summed E-state index contributed by atoms with van der Waals surface area (Å²) in [6.45, 7) is 7.15. The molecule has 1 N–H and O–H groups in total. The number of nitrogens with one attached hydrogen (secondary N) is 1. The SMILES string of the molecule is CCCNC(=O)c1ccc2c(=O)n(CC(C)C)c(SCc3ccccc3F)nc2c1. The van der Waals surface area contributed by atoms with E-state index >= 15 is 0 Å². The Morgan fingerprint density at radius 2 is 2.00 bits per heavy atom. The van der Waals surface area contributed by atoms with E-state index in [4.69, 9.17) is 0 Å². The first-order valence-corrected chi connectivity index (χ1v) is 11.1. The number of hydrogen-bond acceptors (Lipinski definition) is 4. The molecule has 1 amide bonds. The van der Waals surface area contributed by atoms with Crippen LogP contribution in [0.4, 0.5) is 4.39 Å². The van der Waals surface area contributed by atoms with Crippen LogP contribution in [0.5, 0.6) is 0 Å². The predicted molar refractivity (Wildman–Crippen MR) is 119 cm³/mol. The summed E-state index contributed by atoms with van der Waals surface area (Å²) in [4.78, 5) is 30.1. The van der Waals surface area contributed by atoms with Gasteiger partial charge in [-0.05, 0) is 42.2 Å². The van der Waals surface area contributed by atoms with Crippen LogP contribution in [0.2, 0.25) is 0 Å². The van der Waals surface area contributed by atoms with Gasteiger partial charge in [0.25, 0.3) is 11.5 Å². The van der Waals surface area contributed by atoms with Gasteiger partial charge in [0, 0.05) is 24.4 Å². The van der Waals surface area contributed by atoms with Gasteiger partial charge in [0.2, 0.25) is 0 Å². The standard InChI is InChI=1S/C23H26FN3O2S/c1-4-11-25-21(28)16-9-10-18-20(12-16)26-23(27(22(18)29)13-15(2)3)30-14-17-7-5-6-8-19(17)24/h5-10,12,15H,4,11,13-14H2,1-3H3,(H,25,28). The minimum Gasteiger partial charge on any atom is -0.352 e. The van der Waals surface area contributed by atoms with Gasteiger partial charge in [-0.2, -0.15) is 0 Å². The molecular weight excluding hydrogens is 401 g/mol. The fourth-order valence-corrected chi connectivity index (χ4v) is 4.07. The zero-order valence-corrected chi connectivity index (χ0v) is 18.3. The van der Waals surface area contributed by atoms with Gasteiger partial charge < -0.3 is 5.32 Å². The number of fused-ring (bicyclic) bond motifs is 1. The molecule has 0 bridgehead atoms. The van der Waals surface area contributed by atoms with Crippen molar-refractivity contribution in [1.29, 1.82) is 0 Å². The molecule has 0 saturated heterocycles. The quantitative estimate of drug-likeness (QED) is 0.421. The van der Waals surface area contributed by atoms with Crippen LogP contribution in [0.15, 0.2) is 52.4 Å².